The Morgan fingerprint density at radius 1 is 1.10 bits per heavy atom. The molecule has 2 aromatic rings. The Labute approximate surface area is 170 Å². The van der Waals surface area contributed by atoms with Gasteiger partial charge in [-0.15, -0.1) is 0 Å². The molecule has 10 heteroatoms. The average molecular weight is 416 g/mol. The molecule has 2 heterocycles. The molecule has 0 unspecified atom stereocenters. The van der Waals surface area contributed by atoms with E-state index in [4.69, 9.17) is 4.74 Å². The summed E-state index contributed by atoms with van der Waals surface area (Å²) in [4.78, 5) is 46.2. The average Bonchev–Trinajstić information content (AvgIpc) is 2.96. The fourth-order valence-corrected chi connectivity index (χ4v) is 3.60. The van der Waals surface area contributed by atoms with Gasteiger partial charge >= 0.3 is 6.03 Å². The molecule has 1 aromatic carbocycles. The van der Waals surface area contributed by atoms with Crippen molar-refractivity contribution in [1.29, 1.82) is 0 Å². The number of nitrogens with zero attached hydrogens (tertiary/aromatic N) is 3. The van der Waals surface area contributed by atoms with Crippen LogP contribution in [0.15, 0.2) is 42.9 Å². The van der Waals surface area contributed by atoms with Gasteiger partial charge in [-0.2, -0.15) is 0 Å². The zero-order valence-electron chi connectivity index (χ0n) is 15.8. The number of urea groups is 1. The van der Waals surface area contributed by atoms with E-state index >= 15 is 0 Å². The second-order valence-corrected chi connectivity index (χ2v) is 7.35. The lowest BCUT2D eigenvalue weighted by molar-refractivity contribution is -0.135. The van der Waals surface area contributed by atoms with Crippen LogP contribution in [0.5, 0.6) is 11.6 Å². The van der Waals surface area contributed by atoms with Gasteiger partial charge in [0.15, 0.2) is 5.78 Å². The summed E-state index contributed by atoms with van der Waals surface area (Å²) < 4.78 is 32.4. The van der Waals surface area contributed by atoms with Crippen LogP contribution in [0.25, 0.3) is 0 Å². The Balaban J connectivity index is 1.41. The summed E-state index contributed by atoms with van der Waals surface area (Å²) in [5, 5.41) is 2.52. The van der Waals surface area contributed by atoms with Crippen molar-refractivity contribution in [3.05, 3.63) is 48.4 Å². The quantitative estimate of drug-likeness (QED) is 0.594. The molecule has 1 aliphatic heterocycles. The Kier molecular flexibility index (Phi) is 4.92. The molecule has 1 saturated heterocycles. The molecule has 1 aliphatic carbocycles. The van der Waals surface area contributed by atoms with Gasteiger partial charge in [0.1, 0.15) is 11.3 Å². The zero-order valence-corrected chi connectivity index (χ0v) is 15.8. The first-order valence-electron chi connectivity index (χ1n) is 9.37. The monoisotopic (exact) mass is 416 g/mol. The summed E-state index contributed by atoms with van der Waals surface area (Å²) in [7, 11) is 0. The lowest BCUT2D eigenvalue weighted by Gasteiger charge is -2.34. The lowest BCUT2D eigenvalue weighted by Crippen LogP contribution is -2.51. The number of carbonyl (C=O) groups is 3. The van der Waals surface area contributed by atoms with E-state index in [1.54, 1.807) is 12.1 Å². The molecule has 30 heavy (non-hydrogen) atoms. The summed E-state index contributed by atoms with van der Waals surface area (Å²) in [6.07, 6.45) is 3.17. The van der Waals surface area contributed by atoms with E-state index in [9.17, 15) is 23.2 Å². The molecule has 3 amide bonds. The second kappa shape index (κ2) is 7.43. The van der Waals surface area contributed by atoms with E-state index < -0.39 is 48.6 Å². The normalized spacial score (nSPS) is 19.6. The predicted molar refractivity (Wildman–Crippen MR) is 99.3 cm³/mol. The van der Waals surface area contributed by atoms with Gasteiger partial charge in [-0.1, -0.05) is 0 Å². The molecule has 0 bridgehead atoms. The summed E-state index contributed by atoms with van der Waals surface area (Å²) in [6.45, 7) is -0.465. The number of aromatic nitrogens is 2. The SMILES string of the molecule is O=C(CN1C(=O)NC2(CCC(F)(F)CC2)C1=O)c1ccc(Oc2cnccn2)cc1. The van der Waals surface area contributed by atoms with Crippen molar-refractivity contribution < 1.29 is 27.9 Å². The summed E-state index contributed by atoms with van der Waals surface area (Å²) in [6, 6.07) is 5.38. The number of nitrogens with one attached hydrogen (secondary N) is 1. The maximum Gasteiger partial charge on any atom is 0.325 e. The van der Waals surface area contributed by atoms with E-state index in [0.717, 1.165) is 4.90 Å². The highest BCUT2D eigenvalue weighted by molar-refractivity contribution is 6.11. The first-order valence-corrected chi connectivity index (χ1v) is 9.37. The minimum absolute atomic E-state index is 0.149. The van der Waals surface area contributed by atoms with Crippen molar-refractivity contribution >= 4 is 17.7 Å². The van der Waals surface area contributed by atoms with E-state index in [-0.39, 0.29) is 18.4 Å². The summed E-state index contributed by atoms with van der Waals surface area (Å²) >= 11 is 0. The standard InChI is InChI=1S/C20H18F2N4O4/c21-20(22)7-5-19(6-8-20)17(28)26(18(29)25-19)12-15(27)13-1-3-14(4-2-13)30-16-11-23-9-10-24-16/h1-4,9-11H,5-8,12H2,(H,25,29). The van der Waals surface area contributed by atoms with Crippen LogP contribution in [0.2, 0.25) is 0 Å². The van der Waals surface area contributed by atoms with Crippen molar-refractivity contribution in [3.8, 4) is 11.6 Å². The largest absolute Gasteiger partial charge is 0.438 e. The third-order valence-electron chi connectivity index (χ3n) is 5.32. The second-order valence-electron chi connectivity index (χ2n) is 7.35. The Morgan fingerprint density at radius 3 is 2.43 bits per heavy atom. The summed E-state index contributed by atoms with van der Waals surface area (Å²) in [5.74, 6) is -3.20. The van der Waals surface area contributed by atoms with Crippen LogP contribution in [0.3, 0.4) is 0 Å². The van der Waals surface area contributed by atoms with Gasteiger partial charge in [0, 0.05) is 30.8 Å². The predicted octanol–water partition coefficient (Wildman–Crippen LogP) is 2.95. The Morgan fingerprint density at radius 2 is 1.80 bits per heavy atom. The number of halogens is 2. The Hall–Kier alpha value is -3.43. The molecule has 0 atom stereocenters. The first kappa shape index (κ1) is 19.9. The molecule has 4 rings (SSSR count). The van der Waals surface area contributed by atoms with Crippen molar-refractivity contribution in [2.24, 2.45) is 0 Å². The van der Waals surface area contributed by atoms with Crippen molar-refractivity contribution in [3.63, 3.8) is 0 Å². The summed E-state index contributed by atoms with van der Waals surface area (Å²) in [5.41, 5.74) is -1.06. The fourth-order valence-electron chi connectivity index (χ4n) is 3.60. The van der Waals surface area contributed by atoms with Crippen LogP contribution in [0.4, 0.5) is 13.6 Å². The highest BCUT2D eigenvalue weighted by atomic mass is 19.3. The minimum Gasteiger partial charge on any atom is -0.438 e. The fraction of sp³-hybridized carbons (Fsp3) is 0.350. The maximum atomic E-state index is 13.5. The number of Topliss-reactive ketones (excluding diaryl/α,β-unsaturated/α-hetero) is 1. The van der Waals surface area contributed by atoms with Crippen LogP contribution in [-0.4, -0.2) is 50.6 Å². The number of carbonyl (C=O) groups excluding carboxylic acids is 3. The van der Waals surface area contributed by atoms with Crippen LogP contribution in [-0.2, 0) is 4.79 Å². The highest BCUT2D eigenvalue weighted by Gasteiger charge is 2.55. The van der Waals surface area contributed by atoms with Gasteiger partial charge in [0.2, 0.25) is 11.8 Å². The number of hydrogen-bond acceptors (Lipinski definition) is 6. The van der Waals surface area contributed by atoms with E-state index in [2.05, 4.69) is 15.3 Å². The van der Waals surface area contributed by atoms with Gasteiger partial charge in [0.25, 0.3) is 5.91 Å². The van der Waals surface area contributed by atoms with Gasteiger partial charge < -0.3 is 10.1 Å². The molecule has 1 aromatic heterocycles. The number of hydrogen-bond donors (Lipinski definition) is 1. The van der Waals surface area contributed by atoms with Crippen molar-refractivity contribution in [2.45, 2.75) is 37.1 Å². The molecular formula is C20H18F2N4O4. The maximum absolute atomic E-state index is 13.5. The molecule has 8 nitrogen and oxygen atoms in total. The first-order chi connectivity index (χ1) is 14.3. The molecular weight excluding hydrogens is 398 g/mol. The van der Waals surface area contributed by atoms with E-state index in [1.165, 1.54) is 30.7 Å². The zero-order chi connectivity index (χ0) is 21.4. The lowest BCUT2D eigenvalue weighted by atomic mass is 9.80. The van der Waals surface area contributed by atoms with Crippen LogP contribution in [0, 0.1) is 0 Å². The smallest absolute Gasteiger partial charge is 0.325 e. The number of alkyl halides is 2. The number of imide groups is 1. The molecule has 0 radical (unpaired) electrons. The van der Waals surface area contributed by atoms with Gasteiger partial charge in [-0.25, -0.2) is 18.6 Å². The molecule has 1 saturated carbocycles. The van der Waals surface area contributed by atoms with Gasteiger partial charge in [0.05, 0.1) is 12.7 Å². The van der Waals surface area contributed by atoms with Crippen LogP contribution in [0.1, 0.15) is 36.0 Å². The number of ether oxygens (including phenoxy) is 1. The molecule has 2 aliphatic rings. The molecule has 1 spiro atoms. The van der Waals surface area contributed by atoms with Crippen molar-refractivity contribution in [2.75, 3.05) is 6.54 Å². The molecule has 1 N–H and O–H groups in total. The third kappa shape index (κ3) is 3.85. The molecule has 2 fully saturated rings. The number of ketones is 1. The Bertz CT molecular complexity index is 972. The van der Waals surface area contributed by atoms with Crippen molar-refractivity contribution in [1.82, 2.24) is 20.2 Å². The highest BCUT2D eigenvalue weighted by Crippen LogP contribution is 2.41. The van der Waals surface area contributed by atoms with E-state index in [0.29, 0.717) is 11.6 Å². The third-order valence-corrected chi connectivity index (χ3v) is 5.32. The minimum atomic E-state index is -2.84. The van der Waals surface area contributed by atoms with Gasteiger partial charge in [-0.3, -0.25) is 19.5 Å². The number of amides is 3. The number of benzene rings is 1. The van der Waals surface area contributed by atoms with E-state index in [1.807, 2.05) is 0 Å². The van der Waals surface area contributed by atoms with Crippen LogP contribution < -0.4 is 10.1 Å². The van der Waals surface area contributed by atoms with Gasteiger partial charge in [-0.05, 0) is 37.1 Å². The topological polar surface area (TPSA) is 101 Å². The number of rotatable bonds is 5. The molecule has 156 valence electrons. The van der Waals surface area contributed by atoms with Crippen LogP contribution >= 0.6 is 0 Å².